The summed E-state index contributed by atoms with van der Waals surface area (Å²) in [6, 6.07) is 52.3. The summed E-state index contributed by atoms with van der Waals surface area (Å²) >= 11 is 0. The maximum atomic E-state index is 11.3. The van der Waals surface area contributed by atoms with Crippen LogP contribution in [-0.4, -0.2) is 31.3 Å². The zero-order valence-corrected chi connectivity index (χ0v) is 39.8. The predicted octanol–water partition coefficient (Wildman–Crippen LogP) is 5.08. The van der Waals surface area contributed by atoms with E-state index < -0.39 is 12.9 Å². The first-order valence-electron chi connectivity index (χ1n) is 18.4. The van der Waals surface area contributed by atoms with Crippen LogP contribution in [0.1, 0.15) is 84.7 Å². The van der Waals surface area contributed by atoms with Gasteiger partial charge in [0.1, 0.15) is 23.2 Å². The van der Waals surface area contributed by atoms with Crippen LogP contribution in [0.4, 0.5) is 0 Å². The molecule has 5 aromatic rings. The van der Waals surface area contributed by atoms with Gasteiger partial charge in [-0.25, -0.2) is 0 Å². The molecule has 5 aromatic carbocycles. The number of halogens is 1. The van der Waals surface area contributed by atoms with Crippen LogP contribution in [-0.2, 0) is 4.74 Å². The van der Waals surface area contributed by atoms with Crippen LogP contribution in [0.15, 0.2) is 158 Å². The first kappa shape index (κ1) is 55.1. The van der Waals surface area contributed by atoms with Crippen molar-refractivity contribution in [3.05, 3.63) is 169 Å². The number of ketones is 1. The molecule has 1 aliphatic rings. The molecule has 0 unspecified atom stereocenters. The van der Waals surface area contributed by atoms with Gasteiger partial charge in [0.15, 0.2) is 5.78 Å². The minimum Gasteiger partial charge on any atom is -1.00 e. The first-order chi connectivity index (χ1) is 24.7. The molecule has 0 N–H and O–H groups in total. The number of rotatable bonds is 7. The second-order valence-electron chi connectivity index (χ2n) is 14.4. The Morgan fingerprint density at radius 2 is 0.873 bits per heavy atom. The molecular formula is C49H65BrKO3P. The van der Waals surface area contributed by atoms with E-state index in [1.807, 2.05) is 62.4 Å². The first-order valence-corrected chi connectivity index (χ1v) is 20.6. The summed E-state index contributed by atoms with van der Waals surface area (Å²) in [7, 11) is -1.53. The minimum absolute atomic E-state index is 0. The van der Waals surface area contributed by atoms with E-state index in [0.29, 0.717) is 5.92 Å². The quantitative estimate of drug-likeness (QED) is 0.131. The molecule has 0 atom stereocenters. The Hall–Kier alpha value is -2.02. The third kappa shape index (κ3) is 21.9. The van der Waals surface area contributed by atoms with Crippen LogP contribution in [0, 0.1) is 11.8 Å². The van der Waals surface area contributed by atoms with Crippen molar-refractivity contribution >= 4 is 34.5 Å². The Bertz CT molecular complexity index is 1510. The minimum atomic E-state index is -1.53. The largest absolute Gasteiger partial charge is 1.00 e. The number of hydrogen-bond donors (Lipinski definition) is 0. The third-order valence-corrected chi connectivity index (χ3v) is 12.1. The van der Waals surface area contributed by atoms with Crippen molar-refractivity contribution in [1.29, 1.82) is 0 Å². The summed E-state index contributed by atoms with van der Waals surface area (Å²) in [6.45, 7) is 21.5. The fourth-order valence-corrected chi connectivity index (χ4v) is 8.26. The second-order valence-corrected chi connectivity index (χ2v) is 17.9. The van der Waals surface area contributed by atoms with E-state index >= 15 is 0 Å². The third-order valence-electron chi connectivity index (χ3n) is 8.07. The summed E-state index contributed by atoms with van der Waals surface area (Å²) in [5.74, 6) is 0.848. The van der Waals surface area contributed by atoms with Gasteiger partial charge in [0, 0.05) is 24.7 Å². The van der Waals surface area contributed by atoms with Crippen molar-refractivity contribution < 1.29 is 83.0 Å². The van der Waals surface area contributed by atoms with Crippen molar-refractivity contribution in [1.82, 2.24) is 0 Å². The number of carbonyl (C=O) groups excluding carboxylic acids is 1. The van der Waals surface area contributed by atoms with E-state index in [0.717, 1.165) is 18.8 Å². The molecule has 0 saturated carbocycles. The van der Waals surface area contributed by atoms with Crippen LogP contribution in [0.3, 0.4) is 0 Å². The Kier molecular flexibility index (Phi) is 30.2. The van der Waals surface area contributed by atoms with Crippen LogP contribution in [0.25, 0.3) is 5.57 Å². The topological polar surface area (TPSA) is 49.4 Å². The van der Waals surface area contributed by atoms with E-state index in [2.05, 4.69) is 130 Å². The Morgan fingerprint density at radius 1 is 0.600 bits per heavy atom. The molecule has 0 aliphatic carbocycles. The number of Topliss-reactive ketones (excluding diaryl/α,β-unsaturated/α-hetero) is 1. The number of benzene rings is 5. The molecular weight excluding hydrogens is 787 g/mol. The molecule has 0 bridgehead atoms. The zero-order chi connectivity index (χ0) is 38.4. The van der Waals surface area contributed by atoms with Gasteiger partial charge in [-0.3, -0.25) is 4.79 Å². The van der Waals surface area contributed by atoms with Gasteiger partial charge in [-0.05, 0) is 66.3 Å². The van der Waals surface area contributed by atoms with Gasteiger partial charge in [0.2, 0.25) is 0 Å². The molecule has 1 heterocycles. The Labute approximate surface area is 389 Å². The van der Waals surface area contributed by atoms with E-state index in [-0.39, 0.29) is 87.5 Å². The van der Waals surface area contributed by atoms with Crippen molar-refractivity contribution in [2.75, 3.05) is 19.9 Å². The summed E-state index contributed by atoms with van der Waals surface area (Å²) in [4.78, 5) is 11.3. The summed E-state index contributed by atoms with van der Waals surface area (Å²) in [5.41, 5.74) is 2.52. The molecule has 1 fully saturated rings. The van der Waals surface area contributed by atoms with Crippen molar-refractivity contribution in [3.8, 4) is 0 Å². The molecule has 3 nitrogen and oxygen atoms in total. The smallest absolute Gasteiger partial charge is 1.00 e. The van der Waals surface area contributed by atoms with Gasteiger partial charge < -0.3 is 26.8 Å². The number of allylic oxidation sites excluding steroid dienone is 1. The van der Waals surface area contributed by atoms with Crippen molar-refractivity contribution in [3.63, 3.8) is 0 Å². The molecule has 1 aliphatic heterocycles. The fourth-order valence-electron chi connectivity index (χ4n) is 5.06. The molecule has 1 saturated heterocycles. The molecule has 0 aromatic heterocycles. The summed E-state index contributed by atoms with van der Waals surface area (Å²) < 4.78 is 4.94. The molecule has 0 amide bonds. The number of carbonyl (C=O) groups is 1. The Morgan fingerprint density at radius 3 is 1.11 bits per heavy atom. The van der Waals surface area contributed by atoms with Crippen molar-refractivity contribution in [2.24, 2.45) is 11.8 Å². The zero-order valence-electron chi connectivity index (χ0n) is 34.2. The molecule has 6 heteroatoms. The molecule has 0 spiro atoms. The van der Waals surface area contributed by atoms with Gasteiger partial charge in [0.25, 0.3) is 0 Å². The van der Waals surface area contributed by atoms with Gasteiger partial charge >= 0.3 is 51.4 Å². The van der Waals surface area contributed by atoms with E-state index in [1.165, 1.54) is 39.9 Å². The van der Waals surface area contributed by atoms with E-state index in [9.17, 15) is 9.90 Å². The second kappa shape index (κ2) is 30.1. The summed E-state index contributed by atoms with van der Waals surface area (Å²) in [6.07, 6.45) is 2.56. The number of hydrogen-bond acceptors (Lipinski definition) is 3. The maximum Gasteiger partial charge on any atom is 1.00 e. The van der Waals surface area contributed by atoms with Gasteiger partial charge in [-0.1, -0.05) is 178 Å². The standard InChI is InChI=1S/C19H18P.C11H14.C10H12O.C4H8O.C4H9O.CH4.BrH.K/c1-20(17-11-5-2-6-12-17,18-13-7-3-8-14-18)19-15-9-4-10-16-19;1-9(2)10(3)11-7-5-4-6-8-11;1-8(2)10(11)9-6-4-3-5-7-9;1-2-4-5-3-1;1-4(2,3)5;;;/h2-16H,1H3;4-9H,3H2,1-2H3;3-8H,1-2H3;1-4H2;1-3H3;1H4;1H;/q+1;;;;-1;;;+1/p-1. The van der Waals surface area contributed by atoms with Gasteiger partial charge in [-0.15, -0.1) is 5.60 Å². The molecule has 6 rings (SSSR count). The average molecular weight is 852 g/mol. The summed E-state index contributed by atoms with van der Waals surface area (Å²) in [5, 5.41) is 14.4. The van der Waals surface area contributed by atoms with E-state index in [1.54, 1.807) is 20.8 Å². The maximum absolute atomic E-state index is 11.3. The van der Waals surface area contributed by atoms with Crippen LogP contribution in [0.5, 0.6) is 0 Å². The van der Waals surface area contributed by atoms with Gasteiger partial charge in [0.05, 0.1) is 6.66 Å². The van der Waals surface area contributed by atoms with Crippen LogP contribution < -0.4 is 89.4 Å². The van der Waals surface area contributed by atoms with Gasteiger partial charge in [-0.2, -0.15) is 0 Å². The van der Waals surface area contributed by atoms with Crippen molar-refractivity contribution in [2.45, 2.75) is 74.3 Å². The van der Waals surface area contributed by atoms with Crippen LogP contribution in [0.2, 0.25) is 0 Å². The SMILES string of the molecule is C.C1CCOC1.C=C(c1ccccc1)C(C)C.CC(C)(C)[O-].CC(C)C(=O)c1ccccc1.C[P+](c1ccccc1)(c1ccccc1)c1ccccc1.[Br-].[K+]. The molecule has 0 radical (unpaired) electrons. The molecule has 55 heavy (non-hydrogen) atoms. The van der Waals surface area contributed by atoms with E-state index in [4.69, 9.17) is 4.74 Å². The predicted molar refractivity (Wildman–Crippen MR) is 234 cm³/mol. The monoisotopic (exact) mass is 850 g/mol. The fraction of sp³-hybridized carbons (Fsp3) is 0.327. The van der Waals surface area contributed by atoms with Crippen LogP contribution >= 0.6 is 7.26 Å². The Balaban J connectivity index is 0. The average Bonchev–Trinajstić information content (AvgIpc) is 3.76. The number of ether oxygens (including phenoxy) is 1. The normalized spacial score (nSPS) is 11.4. The molecule has 292 valence electrons.